The molecule has 1 fully saturated rings. The molecule has 2 heterocycles. The molecule has 0 saturated carbocycles. The Morgan fingerprint density at radius 2 is 1.81 bits per heavy atom. The standard InChI is InChI=1S/C23H30N6O.HI/c1-24-23(25-11-10-22-27-20-8-4-5-9-21(20)28-22)26-16-18-6-2-3-7-19(18)17-29-12-14-30-15-13-29;/h2-9H,10-17H2,1H3,(H,27,28)(H2,24,25,26);1H. The van der Waals surface area contributed by atoms with Gasteiger partial charge in [0, 0.05) is 46.2 Å². The first-order valence-corrected chi connectivity index (χ1v) is 10.6. The summed E-state index contributed by atoms with van der Waals surface area (Å²) in [5.41, 5.74) is 4.73. The number of nitrogens with one attached hydrogen (secondary N) is 3. The summed E-state index contributed by atoms with van der Waals surface area (Å²) < 4.78 is 5.46. The third-order valence-corrected chi connectivity index (χ3v) is 5.38. The molecule has 166 valence electrons. The monoisotopic (exact) mass is 534 g/mol. The summed E-state index contributed by atoms with van der Waals surface area (Å²) in [7, 11) is 1.80. The highest BCUT2D eigenvalue weighted by Crippen LogP contribution is 2.13. The molecule has 7 nitrogen and oxygen atoms in total. The van der Waals surface area contributed by atoms with E-state index >= 15 is 0 Å². The predicted octanol–water partition coefficient (Wildman–Crippen LogP) is 2.92. The number of halogens is 1. The quantitative estimate of drug-likeness (QED) is 0.247. The molecule has 0 aliphatic carbocycles. The van der Waals surface area contributed by atoms with Crippen LogP contribution in [0.3, 0.4) is 0 Å². The number of ether oxygens (including phenoxy) is 1. The molecule has 1 aromatic heterocycles. The first-order valence-electron chi connectivity index (χ1n) is 10.6. The Morgan fingerprint density at radius 1 is 1.06 bits per heavy atom. The van der Waals surface area contributed by atoms with Crippen molar-refractivity contribution in [3.8, 4) is 0 Å². The lowest BCUT2D eigenvalue weighted by Gasteiger charge is -2.27. The molecule has 3 aromatic rings. The van der Waals surface area contributed by atoms with Crippen molar-refractivity contribution in [2.24, 2.45) is 4.99 Å². The molecule has 1 aliphatic heterocycles. The summed E-state index contributed by atoms with van der Waals surface area (Å²) in [6.07, 6.45) is 0.809. The maximum absolute atomic E-state index is 5.46. The van der Waals surface area contributed by atoms with E-state index in [9.17, 15) is 0 Å². The minimum atomic E-state index is 0. The Morgan fingerprint density at radius 3 is 2.58 bits per heavy atom. The van der Waals surface area contributed by atoms with Crippen LogP contribution in [0.5, 0.6) is 0 Å². The van der Waals surface area contributed by atoms with Crippen LogP contribution in [0, 0.1) is 0 Å². The number of hydrogen-bond donors (Lipinski definition) is 3. The number of H-pyrrole nitrogens is 1. The van der Waals surface area contributed by atoms with Crippen molar-refractivity contribution in [3.05, 3.63) is 65.5 Å². The van der Waals surface area contributed by atoms with E-state index in [1.165, 1.54) is 11.1 Å². The van der Waals surface area contributed by atoms with E-state index in [4.69, 9.17) is 4.74 Å². The number of aromatic amines is 1. The average Bonchev–Trinajstić information content (AvgIpc) is 3.20. The van der Waals surface area contributed by atoms with Crippen LogP contribution in [0.15, 0.2) is 53.5 Å². The van der Waals surface area contributed by atoms with Gasteiger partial charge in [0.25, 0.3) is 0 Å². The first-order chi connectivity index (χ1) is 14.8. The molecule has 4 rings (SSSR count). The van der Waals surface area contributed by atoms with Crippen LogP contribution >= 0.6 is 24.0 Å². The van der Waals surface area contributed by atoms with E-state index in [0.717, 1.165) is 75.2 Å². The van der Waals surface area contributed by atoms with E-state index < -0.39 is 0 Å². The zero-order chi connectivity index (χ0) is 20.6. The second-order valence-corrected chi connectivity index (χ2v) is 7.46. The Labute approximate surface area is 200 Å². The number of hydrogen-bond acceptors (Lipinski definition) is 4. The number of guanidine groups is 1. The molecule has 1 aliphatic rings. The number of nitrogens with zero attached hydrogens (tertiary/aromatic N) is 3. The number of rotatable bonds is 7. The molecule has 2 aromatic carbocycles. The zero-order valence-electron chi connectivity index (χ0n) is 17.9. The highest BCUT2D eigenvalue weighted by Gasteiger charge is 2.13. The van der Waals surface area contributed by atoms with E-state index in [2.05, 4.69) is 54.8 Å². The Balaban J connectivity index is 0.00000272. The largest absolute Gasteiger partial charge is 0.379 e. The highest BCUT2D eigenvalue weighted by atomic mass is 127. The molecule has 31 heavy (non-hydrogen) atoms. The van der Waals surface area contributed by atoms with Gasteiger partial charge in [0.2, 0.25) is 0 Å². The summed E-state index contributed by atoms with van der Waals surface area (Å²) in [5, 5.41) is 6.83. The number of aliphatic imine (C=N–C) groups is 1. The lowest BCUT2D eigenvalue weighted by atomic mass is 10.1. The predicted molar refractivity (Wildman–Crippen MR) is 136 cm³/mol. The molecule has 0 spiro atoms. The summed E-state index contributed by atoms with van der Waals surface area (Å²) in [4.78, 5) is 14.8. The third-order valence-electron chi connectivity index (χ3n) is 5.38. The molecule has 0 atom stereocenters. The molecule has 0 radical (unpaired) electrons. The van der Waals surface area contributed by atoms with Gasteiger partial charge in [-0.1, -0.05) is 36.4 Å². The SMILES string of the molecule is CN=C(NCCc1nc2ccccc2[nH]1)NCc1ccccc1CN1CCOCC1.I. The van der Waals surface area contributed by atoms with Gasteiger partial charge in [-0.15, -0.1) is 24.0 Å². The van der Waals surface area contributed by atoms with Gasteiger partial charge in [-0.3, -0.25) is 9.89 Å². The summed E-state index contributed by atoms with van der Waals surface area (Å²) in [5.74, 6) is 1.78. The van der Waals surface area contributed by atoms with Crippen molar-refractivity contribution in [2.75, 3.05) is 39.9 Å². The number of benzene rings is 2. The van der Waals surface area contributed by atoms with E-state index in [0.29, 0.717) is 0 Å². The fourth-order valence-electron chi connectivity index (χ4n) is 3.71. The van der Waals surface area contributed by atoms with Crippen molar-refractivity contribution in [3.63, 3.8) is 0 Å². The molecular weight excluding hydrogens is 503 g/mol. The Kier molecular flexibility index (Phi) is 9.11. The number of morpholine rings is 1. The fourth-order valence-corrected chi connectivity index (χ4v) is 3.71. The summed E-state index contributed by atoms with van der Waals surface area (Å²) in [6.45, 7) is 6.09. The lowest BCUT2D eigenvalue weighted by molar-refractivity contribution is 0.0341. The van der Waals surface area contributed by atoms with E-state index in [1.54, 1.807) is 7.05 Å². The van der Waals surface area contributed by atoms with Gasteiger partial charge in [0.15, 0.2) is 5.96 Å². The number of imidazole rings is 1. The van der Waals surface area contributed by atoms with Crippen LogP contribution in [0.1, 0.15) is 17.0 Å². The van der Waals surface area contributed by atoms with Crippen molar-refractivity contribution < 1.29 is 4.74 Å². The number of para-hydroxylation sites is 2. The second-order valence-electron chi connectivity index (χ2n) is 7.46. The molecular formula is C23H31IN6O. The van der Waals surface area contributed by atoms with Gasteiger partial charge in [-0.05, 0) is 23.3 Å². The Hall–Kier alpha value is -2.17. The highest BCUT2D eigenvalue weighted by molar-refractivity contribution is 14.0. The maximum Gasteiger partial charge on any atom is 0.191 e. The lowest BCUT2D eigenvalue weighted by Crippen LogP contribution is -2.38. The van der Waals surface area contributed by atoms with Gasteiger partial charge in [0.05, 0.1) is 24.2 Å². The number of aromatic nitrogens is 2. The molecule has 0 bridgehead atoms. The van der Waals surface area contributed by atoms with Gasteiger partial charge in [0.1, 0.15) is 5.82 Å². The molecule has 3 N–H and O–H groups in total. The van der Waals surface area contributed by atoms with Crippen LogP contribution in [0.2, 0.25) is 0 Å². The van der Waals surface area contributed by atoms with Crippen LogP contribution in [0.4, 0.5) is 0 Å². The van der Waals surface area contributed by atoms with Crippen molar-refractivity contribution >= 4 is 41.0 Å². The minimum absolute atomic E-state index is 0. The fraction of sp³-hybridized carbons (Fsp3) is 0.391. The van der Waals surface area contributed by atoms with Crippen LogP contribution in [-0.2, 0) is 24.2 Å². The van der Waals surface area contributed by atoms with Crippen LogP contribution in [-0.4, -0.2) is 60.7 Å². The average molecular weight is 534 g/mol. The minimum Gasteiger partial charge on any atom is -0.379 e. The van der Waals surface area contributed by atoms with Gasteiger partial charge in [-0.2, -0.15) is 0 Å². The molecule has 8 heteroatoms. The molecule has 1 saturated heterocycles. The molecule has 0 amide bonds. The number of fused-ring (bicyclic) bond motifs is 1. The van der Waals surface area contributed by atoms with Crippen molar-refractivity contribution in [1.29, 1.82) is 0 Å². The smallest absolute Gasteiger partial charge is 0.191 e. The maximum atomic E-state index is 5.46. The van der Waals surface area contributed by atoms with Gasteiger partial charge < -0.3 is 20.4 Å². The first kappa shape index (κ1) is 23.5. The van der Waals surface area contributed by atoms with Gasteiger partial charge in [-0.25, -0.2) is 4.98 Å². The van der Waals surface area contributed by atoms with Crippen LogP contribution < -0.4 is 10.6 Å². The normalized spacial score (nSPS) is 14.9. The summed E-state index contributed by atoms with van der Waals surface area (Å²) >= 11 is 0. The summed E-state index contributed by atoms with van der Waals surface area (Å²) in [6, 6.07) is 16.7. The van der Waals surface area contributed by atoms with Gasteiger partial charge >= 0.3 is 0 Å². The van der Waals surface area contributed by atoms with E-state index in [-0.39, 0.29) is 24.0 Å². The van der Waals surface area contributed by atoms with E-state index in [1.807, 2.05) is 24.3 Å². The zero-order valence-corrected chi connectivity index (χ0v) is 20.3. The Bertz CT molecular complexity index is 950. The molecule has 0 unspecified atom stereocenters. The second kappa shape index (κ2) is 12.0. The topological polar surface area (TPSA) is 77.6 Å². The third kappa shape index (κ3) is 6.65. The van der Waals surface area contributed by atoms with Crippen LogP contribution in [0.25, 0.3) is 11.0 Å². The van der Waals surface area contributed by atoms with Crippen molar-refractivity contribution in [2.45, 2.75) is 19.5 Å². The van der Waals surface area contributed by atoms with Crippen molar-refractivity contribution in [1.82, 2.24) is 25.5 Å².